The van der Waals surface area contributed by atoms with Crippen LogP contribution >= 0.6 is 11.3 Å². The molecule has 1 fully saturated rings. The molecule has 1 aromatic heterocycles. The molecule has 0 amide bonds. The molecular weight excluding hydrogens is 457 g/mol. The molecule has 1 aromatic carbocycles. The second-order valence-corrected chi connectivity index (χ2v) is 8.56. The fourth-order valence-corrected chi connectivity index (χ4v) is 4.36. The Kier molecular flexibility index (Phi) is 8.01. The number of piperidine rings is 1. The molecular formula is C20H22F5N3O3S. The number of likely N-dealkylation sites (tertiary alicyclic amines) is 1. The number of hydrogen-bond acceptors (Lipinski definition) is 7. The van der Waals surface area contributed by atoms with Crippen LogP contribution in [0, 0.1) is 35.0 Å². The lowest BCUT2D eigenvalue weighted by molar-refractivity contribution is 0.0721. The molecule has 12 heteroatoms. The SMILES string of the molecule is COCCNc1nc(CN2CCCC(C)C2)sc1C(=O)Oc1c(F)c(F)c(F)c(F)c1F. The summed E-state index contributed by atoms with van der Waals surface area (Å²) in [7, 11) is 1.48. The molecule has 32 heavy (non-hydrogen) atoms. The molecule has 1 atom stereocenters. The maximum atomic E-state index is 13.9. The van der Waals surface area contributed by atoms with E-state index < -0.39 is 40.8 Å². The number of hydrogen-bond donors (Lipinski definition) is 1. The number of carbonyl (C=O) groups is 1. The number of halogens is 5. The van der Waals surface area contributed by atoms with Gasteiger partial charge in [-0.3, -0.25) is 4.90 Å². The number of ether oxygens (including phenoxy) is 2. The molecule has 1 saturated heterocycles. The van der Waals surface area contributed by atoms with Crippen molar-refractivity contribution >= 4 is 23.1 Å². The molecule has 0 aliphatic carbocycles. The lowest BCUT2D eigenvalue weighted by atomic mass is 10.0. The minimum Gasteiger partial charge on any atom is -0.416 e. The van der Waals surface area contributed by atoms with E-state index in [0.717, 1.165) is 37.3 Å². The molecule has 0 saturated carbocycles. The number of anilines is 1. The van der Waals surface area contributed by atoms with Gasteiger partial charge in [0.2, 0.25) is 34.8 Å². The van der Waals surface area contributed by atoms with Crippen LogP contribution in [0.1, 0.15) is 34.4 Å². The number of esters is 1. The molecule has 1 N–H and O–H groups in total. The Morgan fingerprint density at radius 3 is 2.44 bits per heavy atom. The number of carbonyl (C=O) groups excluding carboxylic acids is 1. The minimum atomic E-state index is -2.34. The summed E-state index contributed by atoms with van der Waals surface area (Å²) in [6.45, 7) is 4.85. The largest absolute Gasteiger partial charge is 0.416 e. The first kappa shape index (κ1) is 24.3. The lowest BCUT2D eigenvalue weighted by Crippen LogP contribution is -2.33. The average Bonchev–Trinajstić information content (AvgIpc) is 3.16. The van der Waals surface area contributed by atoms with Gasteiger partial charge in [0.1, 0.15) is 5.01 Å². The van der Waals surface area contributed by atoms with Gasteiger partial charge in [0, 0.05) is 20.2 Å². The second kappa shape index (κ2) is 10.5. The van der Waals surface area contributed by atoms with Gasteiger partial charge in [-0.2, -0.15) is 8.78 Å². The number of benzene rings is 1. The molecule has 0 spiro atoms. The van der Waals surface area contributed by atoms with E-state index in [1.165, 1.54) is 7.11 Å². The Bertz CT molecular complexity index is 959. The Hall–Kier alpha value is -2.31. The van der Waals surface area contributed by atoms with Crippen molar-refractivity contribution in [1.82, 2.24) is 9.88 Å². The van der Waals surface area contributed by atoms with Crippen molar-refractivity contribution in [2.24, 2.45) is 5.92 Å². The van der Waals surface area contributed by atoms with Crippen LogP contribution in [0.25, 0.3) is 0 Å². The zero-order chi connectivity index (χ0) is 23.4. The first-order valence-electron chi connectivity index (χ1n) is 9.91. The Morgan fingerprint density at radius 1 is 1.16 bits per heavy atom. The van der Waals surface area contributed by atoms with Gasteiger partial charge >= 0.3 is 5.97 Å². The summed E-state index contributed by atoms with van der Waals surface area (Å²) >= 11 is 0.926. The normalized spacial score (nSPS) is 16.9. The Morgan fingerprint density at radius 2 is 1.81 bits per heavy atom. The van der Waals surface area contributed by atoms with Gasteiger partial charge in [0.15, 0.2) is 10.7 Å². The summed E-state index contributed by atoms with van der Waals surface area (Å²) in [5.74, 6) is -13.5. The van der Waals surface area contributed by atoms with Gasteiger partial charge < -0.3 is 14.8 Å². The van der Waals surface area contributed by atoms with E-state index in [-0.39, 0.29) is 23.8 Å². The average molecular weight is 479 g/mol. The minimum absolute atomic E-state index is 0.0842. The highest BCUT2D eigenvalue weighted by atomic mass is 32.1. The van der Waals surface area contributed by atoms with Crippen LogP contribution in [0.4, 0.5) is 27.8 Å². The molecule has 1 aliphatic rings. The van der Waals surface area contributed by atoms with Gasteiger partial charge in [-0.25, -0.2) is 22.9 Å². The summed E-state index contributed by atoms with van der Waals surface area (Å²) in [5, 5.41) is 3.41. The van der Waals surface area contributed by atoms with Crippen molar-refractivity contribution in [1.29, 1.82) is 0 Å². The predicted molar refractivity (Wildman–Crippen MR) is 107 cm³/mol. The topological polar surface area (TPSA) is 63.7 Å². The third-order valence-electron chi connectivity index (χ3n) is 4.92. The van der Waals surface area contributed by atoms with E-state index in [1.807, 2.05) is 0 Å². The molecule has 1 aliphatic heterocycles. The predicted octanol–water partition coefficient (Wildman–Crippen LogP) is 4.35. The molecule has 0 radical (unpaired) electrons. The number of thiazole rings is 1. The fourth-order valence-electron chi connectivity index (χ4n) is 3.40. The van der Waals surface area contributed by atoms with Gasteiger partial charge in [-0.05, 0) is 25.3 Å². The second-order valence-electron chi connectivity index (χ2n) is 7.48. The van der Waals surface area contributed by atoms with Crippen LogP contribution in [-0.4, -0.2) is 49.2 Å². The molecule has 6 nitrogen and oxygen atoms in total. The van der Waals surface area contributed by atoms with Crippen molar-refractivity contribution in [3.05, 3.63) is 39.0 Å². The standard InChI is InChI=1S/C20H22F5N3O3S/c1-10-4-3-6-28(8-10)9-11-27-19(26-5-7-30-2)18(32-11)20(29)31-17-15(24)13(22)12(21)14(23)16(17)25/h10,26H,3-9H2,1-2H3. The fraction of sp³-hybridized carbons (Fsp3) is 0.500. The zero-order valence-electron chi connectivity index (χ0n) is 17.4. The maximum Gasteiger partial charge on any atom is 0.357 e. The molecule has 176 valence electrons. The van der Waals surface area contributed by atoms with Crippen LogP contribution in [0.15, 0.2) is 0 Å². The number of nitrogens with zero attached hydrogens (tertiary/aromatic N) is 2. The Labute approximate surface area is 185 Å². The number of aromatic nitrogens is 1. The van der Waals surface area contributed by atoms with Crippen LogP contribution in [0.3, 0.4) is 0 Å². The molecule has 0 bridgehead atoms. The quantitative estimate of drug-likeness (QED) is 0.152. The van der Waals surface area contributed by atoms with E-state index in [9.17, 15) is 26.7 Å². The van der Waals surface area contributed by atoms with Crippen LogP contribution in [0.2, 0.25) is 0 Å². The van der Waals surface area contributed by atoms with E-state index in [4.69, 9.17) is 4.74 Å². The molecule has 1 unspecified atom stereocenters. The summed E-state index contributed by atoms with van der Waals surface area (Å²) in [5.41, 5.74) is 0. The third kappa shape index (κ3) is 5.36. The Balaban J connectivity index is 1.86. The maximum absolute atomic E-state index is 13.9. The smallest absolute Gasteiger partial charge is 0.357 e. The summed E-state index contributed by atoms with van der Waals surface area (Å²) in [6, 6.07) is 0. The summed E-state index contributed by atoms with van der Waals surface area (Å²) < 4.78 is 77.5. The van der Waals surface area contributed by atoms with Crippen LogP contribution < -0.4 is 10.1 Å². The van der Waals surface area contributed by atoms with E-state index >= 15 is 0 Å². The van der Waals surface area contributed by atoms with Crippen molar-refractivity contribution in [3.8, 4) is 5.75 Å². The number of rotatable bonds is 8. The van der Waals surface area contributed by atoms with Crippen molar-refractivity contribution in [3.63, 3.8) is 0 Å². The lowest BCUT2D eigenvalue weighted by Gasteiger charge is -2.29. The number of methoxy groups -OCH3 is 1. The van der Waals surface area contributed by atoms with Gasteiger partial charge in [0.25, 0.3) is 0 Å². The summed E-state index contributed by atoms with van der Waals surface area (Å²) in [6.07, 6.45) is 2.15. The highest BCUT2D eigenvalue weighted by Gasteiger charge is 2.30. The van der Waals surface area contributed by atoms with Gasteiger partial charge in [0.05, 0.1) is 13.2 Å². The zero-order valence-corrected chi connectivity index (χ0v) is 18.3. The van der Waals surface area contributed by atoms with Crippen molar-refractivity contribution in [2.45, 2.75) is 26.3 Å². The van der Waals surface area contributed by atoms with Crippen molar-refractivity contribution in [2.75, 3.05) is 38.7 Å². The highest BCUT2D eigenvalue weighted by molar-refractivity contribution is 7.14. The molecule has 2 heterocycles. The van der Waals surface area contributed by atoms with Crippen molar-refractivity contribution < 1.29 is 36.2 Å². The monoisotopic (exact) mass is 479 g/mol. The molecule has 2 aromatic rings. The van der Waals surface area contributed by atoms with Gasteiger partial charge in [-0.15, -0.1) is 11.3 Å². The first-order valence-corrected chi connectivity index (χ1v) is 10.7. The third-order valence-corrected chi connectivity index (χ3v) is 5.94. The van der Waals surface area contributed by atoms with E-state index in [0.29, 0.717) is 17.5 Å². The molecule has 3 rings (SSSR count). The summed E-state index contributed by atoms with van der Waals surface area (Å²) in [4.78, 5) is 19.0. The van der Waals surface area contributed by atoms with Crippen LogP contribution in [-0.2, 0) is 11.3 Å². The highest BCUT2D eigenvalue weighted by Crippen LogP contribution is 2.32. The van der Waals surface area contributed by atoms with Gasteiger partial charge in [-0.1, -0.05) is 6.92 Å². The first-order chi connectivity index (χ1) is 15.2. The number of nitrogens with one attached hydrogen (secondary N) is 1. The van der Waals surface area contributed by atoms with E-state index in [1.54, 1.807) is 0 Å². The van der Waals surface area contributed by atoms with E-state index in [2.05, 4.69) is 26.9 Å². The van der Waals surface area contributed by atoms with Crippen LogP contribution in [0.5, 0.6) is 5.75 Å².